The van der Waals surface area contributed by atoms with Crippen LogP contribution in [0.4, 0.5) is 0 Å². The fourth-order valence-corrected chi connectivity index (χ4v) is 8.41. The number of allylic oxidation sites excluding steroid dienone is 2. The molecule has 192 valence electrons. The molecule has 10 unspecified atom stereocenters. The van der Waals surface area contributed by atoms with Crippen LogP contribution in [0.25, 0.3) is 0 Å². The molecule has 0 bridgehead atoms. The predicted molar refractivity (Wildman–Crippen MR) is 146 cm³/mol. The lowest BCUT2D eigenvalue weighted by atomic mass is 9.59. The van der Waals surface area contributed by atoms with E-state index in [9.17, 15) is 5.26 Å². The van der Waals surface area contributed by atoms with Crippen LogP contribution in [-0.4, -0.2) is 12.6 Å². The van der Waals surface area contributed by atoms with Crippen molar-refractivity contribution in [2.75, 3.05) is 6.54 Å². The van der Waals surface area contributed by atoms with Gasteiger partial charge < -0.3 is 5.32 Å². The van der Waals surface area contributed by atoms with E-state index in [0.717, 1.165) is 37.5 Å². The molecule has 2 aliphatic carbocycles. The first-order chi connectivity index (χ1) is 16.0. The maximum absolute atomic E-state index is 9.45. The van der Waals surface area contributed by atoms with E-state index in [1.54, 1.807) is 0 Å². The molecular weight excluding hydrogens is 412 g/mol. The van der Waals surface area contributed by atoms with E-state index in [-0.39, 0.29) is 11.3 Å². The normalized spacial score (nSPS) is 41.6. The lowest BCUT2D eigenvalue weighted by Gasteiger charge is -2.47. The molecule has 2 heteroatoms. The van der Waals surface area contributed by atoms with Crippen molar-refractivity contribution in [1.82, 2.24) is 5.32 Å². The highest BCUT2D eigenvalue weighted by Gasteiger charge is 2.50. The Morgan fingerprint density at radius 3 is 2.50 bits per heavy atom. The van der Waals surface area contributed by atoms with Gasteiger partial charge in [-0.05, 0) is 97.8 Å². The first-order valence-electron chi connectivity index (χ1n) is 14.5. The summed E-state index contributed by atoms with van der Waals surface area (Å²) < 4.78 is 0. The number of hydrogen-bond donors (Lipinski definition) is 1. The lowest BCUT2D eigenvalue weighted by Crippen LogP contribution is -2.51. The quantitative estimate of drug-likeness (QED) is 0.364. The van der Waals surface area contributed by atoms with Crippen molar-refractivity contribution in [3.05, 3.63) is 24.3 Å². The number of nitrogens with zero attached hydrogens (tertiary/aromatic N) is 1. The second-order valence-corrected chi connectivity index (χ2v) is 13.3. The van der Waals surface area contributed by atoms with Crippen molar-refractivity contribution in [3.8, 4) is 6.07 Å². The lowest BCUT2D eigenvalue weighted by molar-refractivity contribution is 0.0702. The van der Waals surface area contributed by atoms with Crippen LogP contribution in [0, 0.1) is 63.6 Å². The molecule has 0 radical (unpaired) electrons. The zero-order valence-electron chi connectivity index (χ0n) is 23.6. The molecular formula is C32H54N2. The third kappa shape index (κ3) is 5.21. The van der Waals surface area contributed by atoms with Crippen LogP contribution in [0.2, 0.25) is 0 Å². The monoisotopic (exact) mass is 466 g/mol. The van der Waals surface area contributed by atoms with Gasteiger partial charge >= 0.3 is 0 Å². The molecule has 2 saturated carbocycles. The Morgan fingerprint density at radius 1 is 1.24 bits per heavy atom. The van der Waals surface area contributed by atoms with E-state index in [0.29, 0.717) is 35.1 Å². The molecule has 0 amide bonds. The van der Waals surface area contributed by atoms with Crippen molar-refractivity contribution in [2.45, 2.75) is 112 Å². The zero-order valence-corrected chi connectivity index (χ0v) is 23.6. The molecule has 2 nitrogen and oxygen atoms in total. The van der Waals surface area contributed by atoms with Crippen molar-refractivity contribution in [2.24, 2.45) is 52.3 Å². The van der Waals surface area contributed by atoms with Crippen LogP contribution in [0.1, 0.15) is 106 Å². The van der Waals surface area contributed by atoms with E-state index in [1.165, 1.54) is 49.8 Å². The van der Waals surface area contributed by atoms with Crippen LogP contribution in [-0.2, 0) is 0 Å². The number of hydrogen-bond acceptors (Lipinski definition) is 2. The van der Waals surface area contributed by atoms with Crippen molar-refractivity contribution < 1.29 is 0 Å². The van der Waals surface area contributed by atoms with Gasteiger partial charge in [-0.2, -0.15) is 5.26 Å². The maximum Gasteiger partial charge on any atom is 0.0659 e. The number of piperidine rings is 1. The summed E-state index contributed by atoms with van der Waals surface area (Å²) in [5.74, 6) is 4.41. The van der Waals surface area contributed by atoms with Gasteiger partial charge in [0.1, 0.15) is 0 Å². The molecule has 0 aromatic rings. The Kier molecular flexibility index (Phi) is 8.82. The first kappa shape index (κ1) is 27.5. The van der Waals surface area contributed by atoms with Crippen LogP contribution in [0.15, 0.2) is 24.3 Å². The minimum Gasteiger partial charge on any atom is -0.313 e. The molecule has 1 heterocycles. The third-order valence-corrected chi connectivity index (χ3v) is 11.4. The predicted octanol–water partition coefficient (Wildman–Crippen LogP) is 8.56. The van der Waals surface area contributed by atoms with E-state index in [1.807, 2.05) is 0 Å². The molecule has 3 aliphatic rings. The second-order valence-electron chi connectivity index (χ2n) is 13.3. The fourth-order valence-electron chi connectivity index (χ4n) is 8.41. The van der Waals surface area contributed by atoms with Crippen molar-refractivity contribution in [3.63, 3.8) is 0 Å². The van der Waals surface area contributed by atoms with Gasteiger partial charge in [0.05, 0.1) is 12.0 Å². The van der Waals surface area contributed by atoms with Gasteiger partial charge in [-0.15, -0.1) is 0 Å². The van der Waals surface area contributed by atoms with Gasteiger partial charge in [-0.3, -0.25) is 0 Å². The Balaban J connectivity index is 1.71. The molecule has 0 spiro atoms. The molecule has 1 saturated heterocycles. The average molecular weight is 467 g/mol. The van der Waals surface area contributed by atoms with E-state index >= 15 is 0 Å². The average Bonchev–Trinajstić information content (AvgIpc) is 3.14. The van der Waals surface area contributed by atoms with E-state index in [2.05, 4.69) is 73.0 Å². The highest BCUT2D eigenvalue weighted by molar-refractivity contribution is 5.24. The molecule has 1 N–H and O–H groups in total. The van der Waals surface area contributed by atoms with Gasteiger partial charge in [0.25, 0.3) is 0 Å². The number of nitrogens with one attached hydrogen (secondary N) is 1. The standard InChI is InChI=1S/C32H54N2/c1-10-27-28(22(4)17-29(27)32(9)15-12-26(19-33)18-24(32)6)13-14-31(8,11-2)25(7)30-23(5)16-21(3)20-34-30/h21,23,25-30,34H,4,6,10-18,20H2,1-3,5,7-9H3. The number of nitriles is 1. The molecule has 3 rings (SSSR count). The smallest absolute Gasteiger partial charge is 0.0659 e. The highest BCUT2D eigenvalue weighted by atomic mass is 14.9. The van der Waals surface area contributed by atoms with Gasteiger partial charge in [-0.25, -0.2) is 0 Å². The van der Waals surface area contributed by atoms with Crippen molar-refractivity contribution in [1.29, 1.82) is 5.26 Å². The van der Waals surface area contributed by atoms with Gasteiger partial charge in [-0.1, -0.05) is 85.6 Å². The molecule has 10 atom stereocenters. The summed E-state index contributed by atoms with van der Waals surface area (Å²) in [6.45, 7) is 27.6. The Bertz CT molecular complexity index is 776. The third-order valence-electron chi connectivity index (χ3n) is 11.4. The Hall–Kier alpha value is -1.07. The highest BCUT2D eigenvalue weighted by Crippen LogP contribution is 2.59. The summed E-state index contributed by atoms with van der Waals surface area (Å²) in [7, 11) is 0. The van der Waals surface area contributed by atoms with Gasteiger partial charge in [0.15, 0.2) is 0 Å². The van der Waals surface area contributed by atoms with Gasteiger partial charge in [0.2, 0.25) is 0 Å². The summed E-state index contributed by atoms with van der Waals surface area (Å²) in [5, 5.41) is 13.4. The SMILES string of the molecule is C=C1CC(C2(C)CCC(C#N)CC2=C)C(CC)C1CCC(C)(CC)C(C)C1NCC(C)CC1C. The van der Waals surface area contributed by atoms with Crippen LogP contribution in [0.5, 0.6) is 0 Å². The van der Waals surface area contributed by atoms with E-state index in [4.69, 9.17) is 0 Å². The molecule has 3 fully saturated rings. The molecule has 0 aromatic heterocycles. The van der Waals surface area contributed by atoms with Crippen LogP contribution >= 0.6 is 0 Å². The summed E-state index contributed by atoms with van der Waals surface area (Å²) in [4.78, 5) is 0. The molecule has 34 heavy (non-hydrogen) atoms. The largest absolute Gasteiger partial charge is 0.313 e. The van der Waals surface area contributed by atoms with Crippen LogP contribution in [0.3, 0.4) is 0 Å². The first-order valence-corrected chi connectivity index (χ1v) is 14.5. The topological polar surface area (TPSA) is 35.8 Å². The van der Waals surface area contributed by atoms with Gasteiger partial charge in [0, 0.05) is 6.04 Å². The summed E-state index contributed by atoms with van der Waals surface area (Å²) in [6, 6.07) is 3.15. The fraction of sp³-hybridized carbons (Fsp3) is 0.844. The Labute approximate surface area is 212 Å². The van der Waals surface area contributed by atoms with E-state index < -0.39 is 0 Å². The Morgan fingerprint density at radius 2 is 1.94 bits per heavy atom. The minimum atomic E-state index is 0.172. The summed E-state index contributed by atoms with van der Waals surface area (Å²) >= 11 is 0. The summed E-state index contributed by atoms with van der Waals surface area (Å²) in [6.07, 6.45) is 10.6. The second kappa shape index (κ2) is 10.9. The summed E-state index contributed by atoms with van der Waals surface area (Å²) in [5.41, 5.74) is 3.37. The zero-order chi connectivity index (χ0) is 25.3. The number of rotatable bonds is 8. The van der Waals surface area contributed by atoms with Crippen LogP contribution < -0.4 is 5.32 Å². The minimum absolute atomic E-state index is 0.172. The molecule has 0 aromatic carbocycles. The van der Waals surface area contributed by atoms with Crippen molar-refractivity contribution >= 4 is 0 Å². The maximum atomic E-state index is 9.45. The molecule has 1 aliphatic heterocycles.